The summed E-state index contributed by atoms with van der Waals surface area (Å²) in [5.74, 6) is 0.126. The minimum Gasteiger partial charge on any atom is -0.367 e. The average molecular weight is 438 g/mol. The molecule has 2 aliphatic rings. The van der Waals surface area contributed by atoms with E-state index in [0.717, 1.165) is 50.1 Å². The molecule has 0 bridgehead atoms. The number of fused-ring (bicyclic) bond motifs is 1. The molecular formula is C24H28FN5O2. The Balaban J connectivity index is 1.34. The van der Waals surface area contributed by atoms with Crippen LogP contribution in [-0.4, -0.2) is 53.6 Å². The van der Waals surface area contributed by atoms with Gasteiger partial charge in [0.2, 0.25) is 0 Å². The molecule has 1 saturated heterocycles. The summed E-state index contributed by atoms with van der Waals surface area (Å²) < 4.78 is 17.1. The van der Waals surface area contributed by atoms with Crippen LogP contribution in [0.1, 0.15) is 30.3 Å². The number of piperazine rings is 1. The first-order chi connectivity index (χ1) is 15.6. The van der Waals surface area contributed by atoms with Crippen molar-refractivity contribution in [2.24, 2.45) is 0 Å². The Morgan fingerprint density at radius 1 is 1.16 bits per heavy atom. The number of hydrogen-bond acceptors (Lipinski definition) is 5. The van der Waals surface area contributed by atoms with E-state index in [1.807, 2.05) is 36.4 Å². The summed E-state index contributed by atoms with van der Waals surface area (Å²) in [5.41, 5.74) is 5.60. The summed E-state index contributed by atoms with van der Waals surface area (Å²) in [6.07, 6.45) is 2.18. The standard InChI is InChI=1S/C24H28FN5O2/c1-28-9-11-29(12-10-28)21-14-22-20(13-19(21)25)26-23(30(22)18-7-8-18)15-24(31)27-32-16-17-5-3-2-4-6-17/h2-6,13-14,18H,7-12,15-16H2,1H3,(H,27,31). The van der Waals surface area contributed by atoms with E-state index >= 15 is 0 Å². The molecule has 1 amide bonds. The minimum atomic E-state index is -0.266. The van der Waals surface area contributed by atoms with E-state index in [1.54, 1.807) is 0 Å². The quantitative estimate of drug-likeness (QED) is 0.576. The summed E-state index contributed by atoms with van der Waals surface area (Å²) in [5, 5.41) is 0. The van der Waals surface area contributed by atoms with Gasteiger partial charge in [0.1, 0.15) is 11.6 Å². The van der Waals surface area contributed by atoms with Crippen LogP contribution in [0.15, 0.2) is 42.5 Å². The summed E-state index contributed by atoms with van der Waals surface area (Å²) in [4.78, 5) is 26.8. The van der Waals surface area contributed by atoms with Crippen molar-refractivity contribution in [3.63, 3.8) is 0 Å². The number of nitrogens with one attached hydrogen (secondary N) is 1. The smallest absolute Gasteiger partial charge is 0.251 e. The number of amides is 1. The Kier molecular flexibility index (Phi) is 5.80. The number of carbonyl (C=O) groups is 1. The third-order valence-electron chi connectivity index (χ3n) is 6.17. The highest BCUT2D eigenvalue weighted by molar-refractivity contribution is 5.83. The van der Waals surface area contributed by atoms with Crippen LogP contribution in [0.3, 0.4) is 0 Å². The third kappa shape index (κ3) is 4.47. The van der Waals surface area contributed by atoms with Crippen LogP contribution in [0.5, 0.6) is 0 Å². The number of carbonyl (C=O) groups excluding carboxylic acids is 1. The van der Waals surface area contributed by atoms with Crippen molar-refractivity contribution in [2.75, 3.05) is 38.1 Å². The first-order valence-electron chi connectivity index (χ1n) is 11.2. The number of anilines is 1. The summed E-state index contributed by atoms with van der Waals surface area (Å²) in [6, 6.07) is 13.4. The first-order valence-corrected chi connectivity index (χ1v) is 11.2. The second-order valence-corrected chi connectivity index (χ2v) is 8.69. The van der Waals surface area contributed by atoms with Gasteiger partial charge in [-0.1, -0.05) is 30.3 Å². The van der Waals surface area contributed by atoms with Crippen molar-refractivity contribution in [3.05, 3.63) is 59.7 Å². The Morgan fingerprint density at radius 3 is 2.62 bits per heavy atom. The molecule has 8 heteroatoms. The van der Waals surface area contributed by atoms with E-state index in [2.05, 4.69) is 31.9 Å². The largest absolute Gasteiger partial charge is 0.367 e. The Morgan fingerprint density at radius 2 is 1.91 bits per heavy atom. The summed E-state index contributed by atoms with van der Waals surface area (Å²) in [6.45, 7) is 3.71. The molecule has 168 valence electrons. The third-order valence-corrected chi connectivity index (χ3v) is 6.17. The molecule has 2 aromatic carbocycles. The molecular weight excluding hydrogens is 409 g/mol. The van der Waals surface area contributed by atoms with Gasteiger partial charge in [0, 0.05) is 38.3 Å². The van der Waals surface area contributed by atoms with Crippen molar-refractivity contribution in [1.29, 1.82) is 0 Å². The maximum atomic E-state index is 14.9. The topological polar surface area (TPSA) is 62.6 Å². The number of hydroxylamine groups is 1. The number of rotatable bonds is 7. The van der Waals surface area contributed by atoms with Gasteiger partial charge in [-0.2, -0.15) is 0 Å². The molecule has 0 unspecified atom stereocenters. The monoisotopic (exact) mass is 437 g/mol. The molecule has 2 fully saturated rings. The molecule has 1 aliphatic heterocycles. The van der Waals surface area contributed by atoms with E-state index in [1.165, 1.54) is 6.07 Å². The molecule has 1 saturated carbocycles. The number of halogens is 1. The summed E-state index contributed by atoms with van der Waals surface area (Å²) in [7, 11) is 2.08. The van der Waals surface area contributed by atoms with Crippen molar-refractivity contribution >= 4 is 22.6 Å². The normalized spacial score (nSPS) is 17.1. The number of nitrogens with zero attached hydrogens (tertiary/aromatic N) is 4. The molecule has 2 heterocycles. The van der Waals surface area contributed by atoms with E-state index in [0.29, 0.717) is 29.7 Å². The van der Waals surface area contributed by atoms with Gasteiger partial charge in [0.25, 0.3) is 5.91 Å². The molecule has 32 heavy (non-hydrogen) atoms. The van der Waals surface area contributed by atoms with Gasteiger partial charge >= 0.3 is 0 Å². The van der Waals surface area contributed by atoms with Crippen LogP contribution in [0.2, 0.25) is 0 Å². The molecule has 0 atom stereocenters. The molecule has 1 aromatic heterocycles. The lowest BCUT2D eigenvalue weighted by Gasteiger charge is -2.34. The highest BCUT2D eigenvalue weighted by atomic mass is 19.1. The predicted molar refractivity (Wildman–Crippen MR) is 121 cm³/mol. The van der Waals surface area contributed by atoms with Crippen molar-refractivity contribution in [1.82, 2.24) is 19.9 Å². The van der Waals surface area contributed by atoms with Crippen LogP contribution in [-0.2, 0) is 22.7 Å². The molecule has 0 spiro atoms. The molecule has 1 N–H and O–H groups in total. The van der Waals surface area contributed by atoms with Crippen LogP contribution >= 0.6 is 0 Å². The number of benzene rings is 2. The van der Waals surface area contributed by atoms with Crippen molar-refractivity contribution < 1.29 is 14.0 Å². The number of hydrogen-bond donors (Lipinski definition) is 1. The van der Waals surface area contributed by atoms with E-state index in [4.69, 9.17) is 4.84 Å². The lowest BCUT2D eigenvalue weighted by molar-refractivity contribution is -0.134. The van der Waals surface area contributed by atoms with Crippen LogP contribution in [0, 0.1) is 5.82 Å². The summed E-state index contributed by atoms with van der Waals surface area (Å²) >= 11 is 0. The zero-order valence-corrected chi connectivity index (χ0v) is 18.3. The fraction of sp³-hybridized carbons (Fsp3) is 0.417. The lowest BCUT2D eigenvalue weighted by Crippen LogP contribution is -2.44. The minimum absolute atomic E-state index is 0.0887. The maximum absolute atomic E-state index is 14.9. The predicted octanol–water partition coefficient (Wildman–Crippen LogP) is 3.05. The average Bonchev–Trinajstić information content (AvgIpc) is 3.56. The lowest BCUT2D eigenvalue weighted by atomic mass is 10.2. The zero-order chi connectivity index (χ0) is 22.1. The second kappa shape index (κ2) is 8.88. The molecule has 0 radical (unpaired) electrons. The van der Waals surface area contributed by atoms with Gasteiger partial charge in [-0.05, 0) is 31.5 Å². The van der Waals surface area contributed by atoms with Gasteiger partial charge in [-0.15, -0.1) is 0 Å². The molecule has 7 nitrogen and oxygen atoms in total. The van der Waals surface area contributed by atoms with Crippen LogP contribution in [0.25, 0.3) is 11.0 Å². The SMILES string of the molecule is CN1CCN(c2cc3c(cc2F)nc(CC(=O)NOCc2ccccc2)n3C2CC2)CC1. The van der Waals surface area contributed by atoms with Crippen LogP contribution < -0.4 is 10.4 Å². The van der Waals surface area contributed by atoms with Gasteiger partial charge in [-0.25, -0.2) is 14.9 Å². The Bertz CT molecular complexity index is 1100. The maximum Gasteiger partial charge on any atom is 0.251 e. The molecule has 5 rings (SSSR count). The van der Waals surface area contributed by atoms with E-state index in [-0.39, 0.29) is 18.1 Å². The highest BCUT2D eigenvalue weighted by Crippen LogP contribution is 2.40. The number of imidazole rings is 1. The Hall–Kier alpha value is -2.97. The highest BCUT2D eigenvalue weighted by Gasteiger charge is 2.30. The van der Waals surface area contributed by atoms with Gasteiger partial charge in [0.05, 0.1) is 29.7 Å². The molecule has 3 aromatic rings. The first kappa shape index (κ1) is 20.9. The fourth-order valence-corrected chi connectivity index (χ4v) is 4.26. The van der Waals surface area contributed by atoms with E-state index < -0.39 is 0 Å². The molecule has 1 aliphatic carbocycles. The van der Waals surface area contributed by atoms with Crippen molar-refractivity contribution in [3.8, 4) is 0 Å². The van der Waals surface area contributed by atoms with Gasteiger partial charge in [0.15, 0.2) is 0 Å². The van der Waals surface area contributed by atoms with Gasteiger partial charge < -0.3 is 14.4 Å². The zero-order valence-electron chi connectivity index (χ0n) is 18.3. The van der Waals surface area contributed by atoms with Gasteiger partial charge in [-0.3, -0.25) is 9.63 Å². The van der Waals surface area contributed by atoms with Crippen LogP contribution in [0.4, 0.5) is 10.1 Å². The van der Waals surface area contributed by atoms with E-state index in [9.17, 15) is 9.18 Å². The number of aromatic nitrogens is 2. The number of likely N-dealkylation sites (N-methyl/N-ethyl adjacent to an activating group) is 1. The fourth-order valence-electron chi connectivity index (χ4n) is 4.26. The van der Waals surface area contributed by atoms with Crippen molar-refractivity contribution in [2.45, 2.75) is 31.9 Å². The second-order valence-electron chi connectivity index (χ2n) is 8.69. The Labute approximate surface area is 186 Å².